The maximum atomic E-state index is 13.4. The highest BCUT2D eigenvalue weighted by Gasteiger charge is 2.40. The van der Waals surface area contributed by atoms with Crippen LogP contribution in [-0.2, 0) is 9.59 Å². The van der Waals surface area contributed by atoms with Crippen molar-refractivity contribution in [1.29, 1.82) is 0 Å². The number of nitro groups is 1. The van der Waals surface area contributed by atoms with E-state index in [9.17, 15) is 19.7 Å². The first-order valence-corrected chi connectivity index (χ1v) is 9.63. The van der Waals surface area contributed by atoms with E-state index in [1.54, 1.807) is 24.3 Å². The molecular formula is C24H19N3O4. The van der Waals surface area contributed by atoms with Gasteiger partial charge in [-0.3, -0.25) is 19.7 Å². The normalized spacial score (nSPS) is 13.7. The average Bonchev–Trinajstić information content (AvgIpc) is 2.97. The van der Waals surface area contributed by atoms with Crippen molar-refractivity contribution < 1.29 is 14.5 Å². The molecule has 1 N–H and O–H groups in total. The van der Waals surface area contributed by atoms with Gasteiger partial charge in [-0.2, -0.15) is 0 Å². The van der Waals surface area contributed by atoms with E-state index in [4.69, 9.17) is 0 Å². The highest BCUT2D eigenvalue weighted by Crippen LogP contribution is 2.34. The molecule has 0 atom stereocenters. The number of hydrogen-bond acceptors (Lipinski definition) is 5. The number of benzene rings is 3. The van der Waals surface area contributed by atoms with E-state index in [1.165, 1.54) is 24.3 Å². The maximum absolute atomic E-state index is 13.4. The number of hydrogen-bond donors (Lipinski definition) is 1. The fourth-order valence-electron chi connectivity index (χ4n) is 3.53. The molecule has 0 unspecified atom stereocenters. The molecule has 1 aliphatic rings. The van der Waals surface area contributed by atoms with Gasteiger partial charge in [0, 0.05) is 17.8 Å². The van der Waals surface area contributed by atoms with E-state index in [-0.39, 0.29) is 17.0 Å². The van der Waals surface area contributed by atoms with Crippen molar-refractivity contribution >= 4 is 34.4 Å². The van der Waals surface area contributed by atoms with Crippen LogP contribution in [0, 0.1) is 24.0 Å². The van der Waals surface area contributed by atoms with Gasteiger partial charge in [0.2, 0.25) is 0 Å². The Hall–Kier alpha value is -4.26. The first-order valence-electron chi connectivity index (χ1n) is 9.63. The lowest BCUT2D eigenvalue weighted by Gasteiger charge is -2.16. The molecule has 1 aliphatic heterocycles. The summed E-state index contributed by atoms with van der Waals surface area (Å²) in [6.45, 7) is 3.81. The number of carbonyl (C=O) groups is 2. The first kappa shape index (κ1) is 20.0. The van der Waals surface area contributed by atoms with E-state index >= 15 is 0 Å². The van der Waals surface area contributed by atoms with Crippen molar-refractivity contribution in [2.75, 3.05) is 10.2 Å². The minimum atomic E-state index is -0.509. The van der Waals surface area contributed by atoms with Crippen molar-refractivity contribution in [3.05, 3.63) is 105 Å². The van der Waals surface area contributed by atoms with Crippen LogP contribution in [0.4, 0.5) is 17.1 Å². The standard InChI is InChI=1S/C24H19N3O4/c1-15-5-3-7-18(13-15)25-22-21(17-9-11-19(12-10-17)27(30)31)23(28)26(24(22)29)20-8-4-6-16(2)14-20/h3-14,25H,1-2H3. The highest BCUT2D eigenvalue weighted by atomic mass is 16.6. The van der Waals surface area contributed by atoms with E-state index in [1.807, 2.05) is 38.1 Å². The van der Waals surface area contributed by atoms with Crippen molar-refractivity contribution in [1.82, 2.24) is 0 Å². The zero-order valence-electron chi connectivity index (χ0n) is 17.0. The molecule has 3 aromatic carbocycles. The summed E-state index contributed by atoms with van der Waals surface area (Å²) in [6.07, 6.45) is 0. The summed E-state index contributed by atoms with van der Waals surface area (Å²) in [5.74, 6) is -0.968. The summed E-state index contributed by atoms with van der Waals surface area (Å²) in [6, 6.07) is 20.2. The molecule has 0 saturated heterocycles. The Morgan fingerprint density at radius 3 is 2.10 bits per heavy atom. The number of carbonyl (C=O) groups excluding carboxylic acids is 2. The molecule has 0 aromatic heterocycles. The second kappa shape index (κ2) is 7.87. The molecule has 2 amide bonds. The van der Waals surface area contributed by atoms with Crippen molar-refractivity contribution in [3.63, 3.8) is 0 Å². The molecule has 154 valence electrons. The average molecular weight is 413 g/mol. The van der Waals surface area contributed by atoms with Crippen LogP contribution in [0.3, 0.4) is 0 Å². The van der Waals surface area contributed by atoms with Gasteiger partial charge in [-0.25, -0.2) is 4.90 Å². The van der Waals surface area contributed by atoms with Crippen molar-refractivity contribution in [2.24, 2.45) is 0 Å². The monoisotopic (exact) mass is 413 g/mol. The molecule has 0 bridgehead atoms. The zero-order valence-corrected chi connectivity index (χ0v) is 17.0. The Morgan fingerprint density at radius 2 is 1.48 bits per heavy atom. The van der Waals surface area contributed by atoms with Crippen LogP contribution in [-0.4, -0.2) is 16.7 Å². The van der Waals surface area contributed by atoms with E-state index in [2.05, 4.69) is 5.32 Å². The summed E-state index contributed by atoms with van der Waals surface area (Å²) in [7, 11) is 0. The van der Waals surface area contributed by atoms with Crippen LogP contribution in [0.5, 0.6) is 0 Å². The number of rotatable bonds is 5. The first-order chi connectivity index (χ1) is 14.8. The smallest absolute Gasteiger partial charge is 0.282 e. The number of nitrogens with zero attached hydrogens (tertiary/aromatic N) is 2. The van der Waals surface area contributed by atoms with Crippen molar-refractivity contribution in [3.8, 4) is 0 Å². The number of aryl methyl sites for hydroxylation is 2. The molecule has 31 heavy (non-hydrogen) atoms. The minimum absolute atomic E-state index is 0.0927. The van der Waals surface area contributed by atoms with Crippen LogP contribution >= 0.6 is 0 Å². The van der Waals surface area contributed by atoms with Gasteiger partial charge < -0.3 is 5.32 Å². The number of anilines is 2. The molecule has 4 rings (SSSR count). The third kappa shape index (κ3) is 3.81. The van der Waals surface area contributed by atoms with Gasteiger partial charge in [0.15, 0.2) is 0 Å². The molecule has 3 aromatic rings. The summed E-state index contributed by atoms with van der Waals surface area (Å²) >= 11 is 0. The van der Waals surface area contributed by atoms with Gasteiger partial charge in [-0.15, -0.1) is 0 Å². The molecule has 0 saturated carbocycles. The molecular weight excluding hydrogens is 394 g/mol. The van der Waals surface area contributed by atoms with Gasteiger partial charge in [0.1, 0.15) is 5.70 Å². The second-order valence-corrected chi connectivity index (χ2v) is 7.33. The second-order valence-electron chi connectivity index (χ2n) is 7.33. The molecule has 0 fully saturated rings. The van der Waals surface area contributed by atoms with Crippen LogP contribution in [0.2, 0.25) is 0 Å². The number of nitrogens with one attached hydrogen (secondary N) is 1. The van der Waals surface area contributed by atoms with E-state index in [0.717, 1.165) is 16.0 Å². The Balaban J connectivity index is 1.83. The minimum Gasteiger partial charge on any atom is -0.350 e. The molecule has 1 heterocycles. The van der Waals surface area contributed by atoms with E-state index in [0.29, 0.717) is 16.9 Å². The summed E-state index contributed by atoms with van der Waals surface area (Å²) in [5.41, 5.74) is 3.68. The Morgan fingerprint density at radius 1 is 0.839 bits per heavy atom. The third-order valence-electron chi connectivity index (χ3n) is 5.00. The number of imide groups is 1. The number of non-ortho nitro benzene ring substituents is 1. The molecule has 7 nitrogen and oxygen atoms in total. The van der Waals surface area contributed by atoms with Gasteiger partial charge in [0.05, 0.1) is 16.2 Å². The zero-order chi connectivity index (χ0) is 22.1. The van der Waals surface area contributed by atoms with E-state index < -0.39 is 16.7 Å². The fourth-order valence-corrected chi connectivity index (χ4v) is 3.53. The quantitative estimate of drug-likeness (QED) is 0.375. The van der Waals surface area contributed by atoms with Gasteiger partial charge >= 0.3 is 0 Å². The van der Waals surface area contributed by atoms with Crippen molar-refractivity contribution in [2.45, 2.75) is 13.8 Å². The Kier molecular flexibility index (Phi) is 5.09. The third-order valence-corrected chi connectivity index (χ3v) is 5.00. The van der Waals surface area contributed by atoms with Gasteiger partial charge in [0.25, 0.3) is 17.5 Å². The lowest BCUT2D eigenvalue weighted by atomic mass is 10.0. The van der Waals surface area contributed by atoms with Gasteiger partial charge in [-0.05, 0) is 66.9 Å². The highest BCUT2D eigenvalue weighted by molar-refractivity contribution is 6.46. The van der Waals surface area contributed by atoms with Crippen LogP contribution in [0.15, 0.2) is 78.5 Å². The number of amides is 2. The lowest BCUT2D eigenvalue weighted by molar-refractivity contribution is -0.384. The van der Waals surface area contributed by atoms with Crippen LogP contribution in [0.25, 0.3) is 5.57 Å². The van der Waals surface area contributed by atoms with Crippen LogP contribution < -0.4 is 10.2 Å². The Bertz CT molecular complexity index is 1250. The summed E-state index contributed by atoms with van der Waals surface area (Å²) < 4.78 is 0. The lowest BCUT2D eigenvalue weighted by Crippen LogP contribution is -2.32. The fraction of sp³-hybridized carbons (Fsp3) is 0.0833. The van der Waals surface area contributed by atoms with Gasteiger partial charge in [-0.1, -0.05) is 24.3 Å². The van der Waals surface area contributed by atoms with Crippen LogP contribution in [0.1, 0.15) is 16.7 Å². The molecule has 7 heteroatoms. The largest absolute Gasteiger partial charge is 0.350 e. The molecule has 0 spiro atoms. The summed E-state index contributed by atoms with van der Waals surface area (Å²) in [4.78, 5) is 38.4. The SMILES string of the molecule is Cc1cccc(NC2=C(c3ccc([N+](=O)[O-])cc3)C(=O)N(c3cccc(C)c3)C2=O)c1. The Labute approximate surface area is 178 Å². The predicted octanol–water partition coefficient (Wildman–Crippen LogP) is 4.61. The molecule has 0 aliphatic carbocycles. The topological polar surface area (TPSA) is 92.6 Å². The molecule has 0 radical (unpaired) electrons. The maximum Gasteiger partial charge on any atom is 0.282 e. The summed E-state index contributed by atoms with van der Waals surface area (Å²) in [5, 5.41) is 14.1. The predicted molar refractivity (Wildman–Crippen MR) is 118 cm³/mol. The number of nitro benzene ring substituents is 1.